The molecule has 26 heavy (non-hydrogen) atoms. The van der Waals surface area contributed by atoms with Gasteiger partial charge in [0.2, 0.25) is 0 Å². The van der Waals surface area contributed by atoms with Gasteiger partial charge < -0.3 is 0 Å². The van der Waals surface area contributed by atoms with Gasteiger partial charge in [-0.2, -0.15) is 5.10 Å². The summed E-state index contributed by atoms with van der Waals surface area (Å²) in [5.41, 5.74) is 3.04. The molecular formula is C23H26N2S. The van der Waals surface area contributed by atoms with Crippen LogP contribution in [0.3, 0.4) is 0 Å². The number of thioether (sulfide) groups is 1. The van der Waals surface area contributed by atoms with Crippen molar-refractivity contribution in [2.75, 3.05) is 5.01 Å². The van der Waals surface area contributed by atoms with Crippen molar-refractivity contribution in [3.8, 4) is 0 Å². The third kappa shape index (κ3) is 1.93. The maximum Gasteiger partial charge on any atom is 0.126 e. The molecule has 2 aliphatic carbocycles. The van der Waals surface area contributed by atoms with Crippen LogP contribution in [-0.4, -0.2) is 9.91 Å². The van der Waals surface area contributed by atoms with Crippen molar-refractivity contribution in [1.82, 2.24) is 0 Å². The number of hydrazone groups is 1. The molecule has 0 radical (unpaired) electrons. The fourth-order valence-corrected chi connectivity index (χ4v) is 7.42. The molecule has 2 aromatic carbocycles. The van der Waals surface area contributed by atoms with E-state index in [4.69, 9.17) is 5.10 Å². The molecule has 0 saturated heterocycles. The Morgan fingerprint density at radius 2 is 1.62 bits per heavy atom. The monoisotopic (exact) mass is 362 g/mol. The number of para-hydroxylation sites is 1. The summed E-state index contributed by atoms with van der Waals surface area (Å²) in [4.78, 5) is 0.0198. The number of nitrogens with zero attached hydrogens (tertiary/aromatic N) is 2. The molecule has 5 rings (SSSR count). The van der Waals surface area contributed by atoms with Crippen molar-refractivity contribution < 1.29 is 0 Å². The van der Waals surface area contributed by atoms with Gasteiger partial charge in [-0.3, -0.25) is 0 Å². The Labute approximate surface area is 160 Å². The molecule has 0 aromatic heterocycles. The zero-order valence-electron chi connectivity index (χ0n) is 15.8. The Morgan fingerprint density at radius 1 is 0.962 bits per heavy atom. The smallest absolute Gasteiger partial charge is 0.126 e. The largest absolute Gasteiger partial charge is 0.247 e. The lowest BCUT2D eigenvalue weighted by molar-refractivity contribution is 0.121. The Bertz CT molecular complexity index is 860. The second-order valence-corrected chi connectivity index (χ2v) is 10.1. The van der Waals surface area contributed by atoms with Crippen LogP contribution in [0.5, 0.6) is 0 Å². The van der Waals surface area contributed by atoms with E-state index in [0.717, 1.165) is 5.92 Å². The summed E-state index contributed by atoms with van der Waals surface area (Å²) in [5, 5.41) is 8.75. The van der Waals surface area contributed by atoms with Crippen molar-refractivity contribution >= 4 is 22.5 Å². The molecule has 0 amide bonds. The van der Waals surface area contributed by atoms with E-state index in [1.807, 2.05) is 11.8 Å². The highest BCUT2D eigenvalue weighted by Gasteiger charge is 2.73. The van der Waals surface area contributed by atoms with Gasteiger partial charge in [0.1, 0.15) is 9.91 Å². The molecule has 0 N–H and O–H groups in total. The van der Waals surface area contributed by atoms with Crippen LogP contribution in [0.2, 0.25) is 0 Å². The molecule has 2 saturated carbocycles. The van der Waals surface area contributed by atoms with E-state index in [9.17, 15) is 0 Å². The molecule has 0 unspecified atom stereocenters. The van der Waals surface area contributed by atoms with Gasteiger partial charge >= 0.3 is 0 Å². The minimum Gasteiger partial charge on any atom is -0.247 e. The molecule has 134 valence electrons. The molecule has 1 aliphatic heterocycles. The highest BCUT2D eigenvalue weighted by molar-refractivity contribution is 8.16. The molecule has 2 aromatic rings. The quantitative estimate of drug-likeness (QED) is 0.637. The fraction of sp³-hybridized carbons (Fsp3) is 0.435. The van der Waals surface area contributed by atoms with Crippen molar-refractivity contribution in [3.05, 3.63) is 66.2 Å². The number of hydrogen-bond donors (Lipinski definition) is 0. The molecule has 1 spiro atoms. The van der Waals surface area contributed by atoms with Gasteiger partial charge in [-0.1, -0.05) is 81.1 Å². The van der Waals surface area contributed by atoms with Crippen LogP contribution in [0.1, 0.15) is 45.6 Å². The number of rotatable bonds is 2. The maximum absolute atomic E-state index is 5.21. The maximum atomic E-state index is 5.21. The van der Waals surface area contributed by atoms with E-state index in [1.165, 1.54) is 35.6 Å². The van der Waals surface area contributed by atoms with Gasteiger partial charge in [0.15, 0.2) is 0 Å². The Balaban J connectivity index is 1.66. The van der Waals surface area contributed by atoms with Crippen LogP contribution in [0, 0.1) is 16.7 Å². The van der Waals surface area contributed by atoms with Crippen molar-refractivity contribution in [2.24, 2.45) is 21.8 Å². The number of hydrogen-bond acceptors (Lipinski definition) is 3. The molecule has 3 aliphatic rings. The first-order chi connectivity index (χ1) is 12.5. The average Bonchev–Trinajstić information content (AvgIpc) is 3.21. The lowest BCUT2D eigenvalue weighted by Gasteiger charge is -2.49. The van der Waals surface area contributed by atoms with Gasteiger partial charge in [-0.25, -0.2) is 5.01 Å². The summed E-state index contributed by atoms with van der Waals surface area (Å²) in [7, 11) is 0. The Morgan fingerprint density at radius 3 is 2.19 bits per heavy atom. The van der Waals surface area contributed by atoms with Crippen LogP contribution in [0.15, 0.2) is 65.8 Å². The molecule has 1 heterocycles. The zero-order chi connectivity index (χ0) is 18.0. The van der Waals surface area contributed by atoms with E-state index >= 15 is 0 Å². The third-order valence-electron chi connectivity index (χ3n) is 7.64. The molecule has 2 bridgehead atoms. The molecule has 3 atom stereocenters. The molecule has 2 fully saturated rings. The van der Waals surface area contributed by atoms with Crippen LogP contribution < -0.4 is 5.01 Å². The predicted molar refractivity (Wildman–Crippen MR) is 111 cm³/mol. The van der Waals surface area contributed by atoms with Gasteiger partial charge in [0.05, 0.1) is 5.69 Å². The standard InChI is InChI=1S/C23H26N2S/c1-21(2)18-14-15-22(21,3)23(16-18)25(19-12-8-5-9-13-19)24-20(26-23)17-10-6-4-7-11-17/h4-13,18H,14-16H2,1-3H3/t18-,22-,23-/m1/s1. The van der Waals surface area contributed by atoms with Crippen molar-refractivity contribution in [2.45, 2.75) is 44.9 Å². The normalized spacial score (nSPS) is 34.5. The fourth-order valence-electron chi connectivity index (χ4n) is 5.61. The summed E-state index contributed by atoms with van der Waals surface area (Å²) in [6.45, 7) is 7.50. The van der Waals surface area contributed by atoms with Crippen molar-refractivity contribution in [1.29, 1.82) is 0 Å². The number of fused-ring (bicyclic) bond motifs is 3. The average molecular weight is 363 g/mol. The van der Waals surface area contributed by atoms with E-state index in [1.54, 1.807) is 0 Å². The summed E-state index contributed by atoms with van der Waals surface area (Å²) in [5.74, 6) is 0.775. The molecule has 3 heteroatoms. The topological polar surface area (TPSA) is 15.6 Å². The highest BCUT2D eigenvalue weighted by Crippen LogP contribution is 2.75. The molecule has 2 nitrogen and oxygen atoms in total. The van der Waals surface area contributed by atoms with Crippen LogP contribution in [0.4, 0.5) is 5.69 Å². The molecular weight excluding hydrogens is 336 g/mol. The Kier molecular flexibility index (Phi) is 3.40. The van der Waals surface area contributed by atoms with Crippen molar-refractivity contribution in [3.63, 3.8) is 0 Å². The SMILES string of the molecule is CC1(C)[C@@H]2CC[C@@]1(C)[C@@]1(C2)SC(c2ccccc2)=NN1c1ccccc1. The predicted octanol–water partition coefficient (Wildman–Crippen LogP) is 6.14. The summed E-state index contributed by atoms with van der Waals surface area (Å²) in [6.07, 6.45) is 3.86. The van der Waals surface area contributed by atoms with Gasteiger partial charge in [-0.05, 0) is 42.7 Å². The number of anilines is 1. The van der Waals surface area contributed by atoms with Gasteiger partial charge in [0, 0.05) is 11.0 Å². The van der Waals surface area contributed by atoms with Crippen LogP contribution >= 0.6 is 11.8 Å². The lowest BCUT2D eigenvalue weighted by Crippen LogP contribution is -2.53. The van der Waals surface area contributed by atoms with E-state index < -0.39 is 0 Å². The highest BCUT2D eigenvalue weighted by atomic mass is 32.2. The third-order valence-corrected chi connectivity index (χ3v) is 9.28. The van der Waals surface area contributed by atoms with Gasteiger partial charge in [-0.15, -0.1) is 0 Å². The van der Waals surface area contributed by atoms with E-state index in [2.05, 4.69) is 86.4 Å². The van der Waals surface area contributed by atoms with Gasteiger partial charge in [0.25, 0.3) is 0 Å². The second kappa shape index (κ2) is 5.39. The first-order valence-electron chi connectivity index (χ1n) is 9.66. The minimum absolute atomic E-state index is 0.0198. The summed E-state index contributed by atoms with van der Waals surface area (Å²) < 4.78 is 0. The van der Waals surface area contributed by atoms with E-state index in [0.29, 0.717) is 5.41 Å². The minimum atomic E-state index is 0.0198. The second-order valence-electron chi connectivity index (χ2n) is 8.80. The summed E-state index contributed by atoms with van der Waals surface area (Å²) in [6, 6.07) is 21.5. The zero-order valence-corrected chi connectivity index (χ0v) is 16.6. The number of benzene rings is 2. The van der Waals surface area contributed by atoms with Crippen LogP contribution in [0.25, 0.3) is 0 Å². The first kappa shape index (κ1) is 16.4. The summed E-state index contributed by atoms with van der Waals surface area (Å²) >= 11 is 2.02. The Hall–Kier alpha value is -1.74. The lowest BCUT2D eigenvalue weighted by atomic mass is 9.68. The van der Waals surface area contributed by atoms with Crippen LogP contribution in [-0.2, 0) is 0 Å². The first-order valence-corrected chi connectivity index (χ1v) is 10.5. The van der Waals surface area contributed by atoms with E-state index in [-0.39, 0.29) is 10.3 Å².